The Labute approximate surface area is 105 Å². The molecule has 0 aromatic heterocycles. The largest absolute Gasteiger partial charge is 0.507 e. The molecule has 1 N–H and O–H groups in total. The molecule has 0 spiro atoms. The zero-order valence-electron chi connectivity index (χ0n) is 10.1. The minimum Gasteiger partial charge on any atom is -0.507 e. The fourth-order valence-electron chi connectivity index (χ4n) is 2.03. The Bertz CT molecular complexity index is 614. The van der Waals surface area contributed by atoms with E-state index in [4.69, 9.17) is 0 Å². The van der Waals surface area contributed by atoms with Crippen molar-refractivity contribution in [3.63, 3.8) is 0 Å². The third kappa shape index (κ3) is 1.95. The van der Waals surface area contributed by atoms with Crippen LogP contribution in [0.3, 0.4) is 0 Å². The van der Waals surface area contributed by atoms with E-state index in [9.17, 15) is 9.90 Å². The molecule has 0 saturated carbocycles. The van der Waals surface area contributed by atoms with Gasteiger partial charge in [0.1, 0.15) is 11.3 Å². The van der Waals surface area contributed by atoms with Crippen LogP contribution in [0.2, 0.25) is 0 Å². The normalized spacial score (nSPS) is 10.3. The number of fused-ring (bicyclic) bond motifs is 1. The second kappa shape index (κ2) is 4.92. The van der Waals surface area contributed by atoms with Crippen LogP contribution < -0.4 is 0 Å². The Balaban J connectivity index is 2.78. The molecule has 0 bridgehead atoms. The molecule has 0 radical (unpaired) electrons. The first kappa shape index (κ1) is 12.2. The van der Waals surface area contributed by atoms with Gasteiger partial charge in [-0.15, -0.1) is 6.58 Å². The molecule has 0 heterocycles. The van der Waals surface area contributed by atoms with Gasteiger partial charge >= 0.3 is 5.97 Å². The van der Waals surface area contributed by atoms with E-state index in [-0.39, 0.29) is 11.3 Å². The quantitative estimate of drug-likeness (QED) is 0.664. The fraction of sp³-hybridized carbons (Fsp3) is 0.133. The summed E-state index contributed by atoms with van der Waals surface area (Å²) >= 11 is 0. The van der Waals surface area contributed by atoms with Gasteiger partial charge in [-0.1, -0.05) is 30.3 Å². The SMILES string of the molecule is C=CCc1c(O)c(C(=O)OC)cc2ccccc12. The van der Waals surface area contributed by atoms with Gasteiger partial charge in [-0.2, -0.15) is 0 Å². The Morgan fingerprint density at radius 3 is 2.83 bits per heavy atom. The molecule has 2 aromatic carbocycles. The van der Waals surface area contributed by atoms with Gasteiger partial charge in [0, 0.05) is 5.56 Å². The lowest BCUT2D eigenvalue weighted by molar-refractivity contribution is 0.0597. The Hall–Kier alpha value is -2.29. The van der Waals surface area contributed by atoms with Crippen molar-refractivity contribution in [2.75, 3.05) is 7.11 Å². The van der Waals surface area contributed by atoms with Crippen LogP contribution in [0.4, 0.5) is 0 Å². The van der Waals surface area contributed by atoms with E-state index in [1.54, 1.807) is 12.1 Å². The molecule has 0 aliphatic rings. The summed E-state index contributed by atoms with van der Waals surface area (Å²) in [4.78, 5) is 11.6. The minimum absolute atomic E-state index is 0.0274. The number of esters is 1. The molecule has 0 saturated heterocycles. The first-order chi connectivity index (χ1) is 8.69. The lowest BCUT2D eigenvalue weighted by Crippen LogP contribution is -2.03. The van der Waals surface area contributed by atoms with Gasteiger partial charge in [-0.3, -0.25) is 0 Å². The number of hydrogen-bond acceptors (Lipinski definition) is 3. The number of rotatable bonds is 3. The zero-order chi connectivity index (χ0) is 13.1. The number of carbonyl (C=O) groups is 1. The van der Waals surface area contributed by atoms with Gasteiger partial charge in [-0.05, 0) is 23.3 Å². The highest BCUT2D eigenvalue weighted by atomic mass is 16.5. The molecular formula is C15H14O3. The third-order valence-corrected chi connectivity index (χ3v) is 2.88. The van der Waals surface area contributed by atoms with E-state index in [0.29, 0.717) is 12.0 Å². The first-order valence-corrected chi connectivity index (χ1v) is 5.61. The maximum absolute atomic E-state index is 11.6. The van der Waals surface area contributed by atoms with E-state index >= 15 is 0 Å². The van der Waals surface area contributed by atoms with Gasteiger partial charge < -0.3 is 9.84 Å². The van der Waals surface area contributed by atoms with Gasteiger partial charge in [0.2, 0.25) is 0 Å². The summed E-state index contributed by atoms with van der Waals surface area (Å²) in [5, 5.41) is 12.0. The molecule has 18 heavy (non-hydrogen) atoms. The third-order valence-electron chi connectivity index (χ3n) is 2.88. The smallest absolute Gasteiger partial charge is 0.341 e. The molecule has 0 fully saturated rings. The average molecular weight is 242 g/mol. The van der Waals surface area contributed by atoms with Crippen molar-refractivity contribution in [2.45, 2.75) is 6.42 Å². The van der Waals surface area contributed by atoms with Crippen LogP contribution in [0.25, 0.3) is 10.8 Å². The van der Waals surface area contributed by atoms with Crippen molar-refractivity contribution >= 4 is 16.7 Å². The molecule has 2 aromatic rings. The van der Waals surface area contributed by atoms with Crippen molar-refractivity contribution < 1.29 is 14.6 Å². The molecule has 92 valence electrons. The topological polar surface area (TPSA) is 46.5 Å². The summed E-state index contributed by atoms with van der Waals surface area (Å²) < 4.78 is 4.67. The Morgan fingerprint density at radius 2 is 2.17 bits per heavy atom. The number of aromatic hydroxyl groups is 1. The lowest BCUT2D eigenvalue weighted by Gasteiger charge is -2.11. The van der Waals surface area contributed by atoms with Crippen molar-refractivity contribution in [1.29, 1.82) is 0 Å². The second-order valence-corrected chi connectivity index (χ2v) is 3.96. The number of ether oxygens (including phenoxy) is 1. The first-order valence-electron chi connectivity index (χ1n) is 5.61. The minimum atomic E-state index is -0.538. The van der Waals surface area contributed by atoms with Crippen LogP contribution in [0, 0.1) is 0 Å². The number of phenolic OH excluding ortho intramolecular Hbond substituents is 1. The van der Waals surface area contributed by atoms with E-state index in [0.717, 1.165) is 10.8 Å². The number of allylic oxidation sites excluding steroid dienone is 1. The van der Waals surface area contributed by atoms with Crippen LogP contribution >= 0.6 is 0 Å². The number of benzene rings is 2. The van der Waals surface area contributed by atoms with Gasteiger partial charge in [0.15, 0.2) is 0 Å². The molecule has 2 rings (SSSR count). The highest BCUT2D eigenvalue weighted by Crippen LogP contribution is 2.32. The summed E-state index contributed by atoms with van der Waals surface area (Å²) in [5.74, 6) is -0.566. The van der Waals surface area contributed by atoms with Gasteiger partial charge in [0.25, 0.3) is 0 Å². The standard InChI is InChI=1S/C15H14O3/c1-3-6-12-11-8-5-4-7-10(11)9-13(14(12)16)15(17)18-2/h3-5,7-9,16H,1,6H2,2H3. The summed E-state index contributed by atoms with van der Waals surface area (Å²) in [5.41, 5.74) is 0.886. The summed E-state index contributed by atoms with van der Waals surface area (Å²) in [6.07, 6.45) is 2.19. The van der Waals surface area contributed by atoms with E-state index in [1.807, 2.05) is 24.3 Å². The van der Waals surface area contributed by atoms with Gasteiger partial charge in [-0.25, -0.2) is 4.79 Å². The predicted octanol–water partition coefficient (Wildman–Crippen LogP) is 3.06. The van der Waals surface area contributed by atoms with Crippen LogP contribution in [0.15, 0.2) is 43.0 Å². The van der Waals surface area contributed by atoms with Crippen molar-refractivity contribution in [1.82, 2.24) is 0 Å². The Kier molecular flexibility index (Phi) is 3.33. The van der Waals surface area contributed by atoms with E-state index in [2.05, 4.69) is 11.3 Å². The van der Waals surface area contributed by atoms with Crippen LogP contribution in [0.5, 0.6) is 5.75 Å². The molecule has 0 aliphatic heterocycles. The molecule has 0 aliphatic carbocycles. The summed E-state index contributed by atoms with van der Waals surface area (Å²) in [7, 11) is 1.30. The van der Waals surface area contributed by atoms with E-state index in [1.165, 1.54) is 7.11 Å². The lowest BCUT2D eigenvalue weighted by atomic mass is 9.97. The van der Waals surface area contributed by atoms with Crippen LogP contribution in [-0.2, 0) is 11.2 Å². The molecule has 3 nitrogen and oxygen atoms in total. The second-order valence-electron chi connectivity index (χ2n) is 3.96. The number of methoxy groups -OCH3 is 1. The number of hydrogen-bond donors (Lipinski definition) is 1. The number of phenols is 1. The molecule has 0 unspecified atom stereocenters. The maximum atomic E-state index is 11.6. The van der Waals surface area contributed by atoms with E-state index < -0.39 is 5.97 Å². The van der Waals surface area contributed by atoms with Crippen molar-refractivity contribution in [2.24, 2.45) is 0 Å². The molecular weight excluding hydrogens is 228 g/mol. The van der Waals surface area contributed by atoms with Crippen LogP contribution in [-0.4, -0.2) is 18.2 Å². The Morgan fingerprint density at radius 1 is 1.44 bits per heavy atom. The van der Waals surface area contributed by atoms with Gasteiger partial charge in [0.05, 0.1) is 7.11 Å². The zero-order valence-corrected chi connectivity index (χ0v) is 10.1. The number of carbonyl (C=O) groups excluding carboxylic acids is 1. The highest BCUT2D eigenvalue weighted by molar-refractivity contribution is 6.00. The maximum Gasteiger partial charge on any atom is 0.341 e. The van der Waals surface area contributed by atoms with Crippen molar-refractivity contribution in [3.8, 4) is 5.75 Å². The fourth-order valence-corrected chi connectivity index (χ4v) is 2.03. The summed E-state index contributed by atoms with van der Waals surface area (Å²) in [6.45, 7) is 3.67. The highest BCUT2D eigenvalue weighted by Gasteiger charge is 2.17. The van der Waals surface area contributed by atoms with Crippen molar-refractivity contribution in [3.05, 3.63) is 54.1 Å². The monoisotopic (exact) mass is 242 g/mol. The average Bonchev–Trinajstić information content (AvgIpc) is 2.41. The summed E-state index contributed by atoms with van der Waals surface area (Å²) in [6, 6.07) is 9.23. The predicted molar refractivity (Wildman–Crippen MR) is 70.9 cm³/mol. The molecule has 0 atom stereocenters. The molecule has 0 amide bonds. The molecule has 3 heteroatoms. The van der Waals surface area contributed by atoms with Crippen LogP contribution in [0.1, 0.15) is 15.9 Å².